The van der Waals surface area contributed by atoms with Crippen molar-refractivity contribution >= 4 is 17.2 Å². The number of para-hydroxylation sites is 2. The van der Waals surface area contributed by atoms with Gasteiger partial charge in [-0.15, -0.1) is 6.58 Å². The molecule has 1 heterocycles. The van der Waals surface area contributed by atoms with Crippen LogP contribution in [0.5, 0.6) is 0 Å². The van der Waals surface area contributed by atoms with E-state index in [2.05, 4.69) is 28.5 Å². The van der Waals surface area contributed by atoms with Gasteiger partial charge in [0.05, 0.1) is 16.9 Å². The highest BCUT2D eigenvalue weighted by molar-refractivity contribution is 6.13. The number of ketones is 1. The zero-order valence-corrected chi connectivity index (χ0v) is 12.3. The van der Waals surface area contributed by atoms with Crippen molar-refractivity contribution in [3.8, 4) is 0 Å². The van der Waals surface area contributed by atoms with Crippen molar-refractivity contribution in [1.82, 2.24) is 0 Å². The summed E-state index contributed by atoms with van der Waals surface area (Å²) in [6, 6.07) is 8.16. The Hall–Kier alpha value is -2.55. The summed E-state index contributed by atoms with van der Waals surface area (Å²) in [6.45, 7) is 3.72. The summed E-state index contributed by atoms with van der Waals surface area (Å²) in [6.07, 6.45) is 8.06. The topological polar surface area (TPSA) is 23.6 Å². The van der Waals surface area contributed by atoms with Crippen LogP contribution in [0.25, 0.3) is 0 Å². The third-order valence-electron chi connectivity index (χ3n) is 3.94. The Balaban J connectivity index is 2.09. The first-order valence-electron chi connectivity index (χ1n) is 6.98. The zero-order valence-electron chi connectivity index (χ0n) is 12.3. The third-order valence-corrected chi connectivity index (χ3v) is 3.94. The molecule has 0 bridgehead atoms. The number of rotatable bonds is 2. The van der Waals surface area contributed by atoms with Crippen molar-refractivity contribution in [1.29, 1.82) is 0 Å². The number of Topliss-reactive ketones (excluding diaryl/α,β-unsaturated/α-hetero) is 1. The molecular formula is C18H18N2O. The van der Waals surface area contributed by atoms with Crippen LogP contribution in [-0.2, 0) is 4.79 Å². The Morgan fingerprint density at radius 2 is 1.76 bits per heavy atom. The standard InChI is InChI=1S/C18H18N2O/c1-4-8-13-9-7-10-14(17(13)21)18-19(2)15-11-5-6-12-16(15)20(18)3/h4-7,9-12H,1,8H2,2-3H3. The summed E-state index contributed by atoms with van der Waals surface area (Å²) < 4.78 is 0. The maximum Gasteiger partial charge on any atom is 0.192 e. The molecule has 1 aromatic carbocycles. The molecule has 21 heavy (non-hydrogen) atoms. The maximum atomic E-state index is 12.7. The summed E-state index contributed by atoms with van der Waals surface area (Å²) >= 11 is 0. The monoisotopic (exact) mass is 278 g/mol. The van der Waals surface area contributed by atoms with Crippen LogP contribution in [0, 0.1) is 0 Å². The van der Waals surface area contributed by atoms with Gasteiger partial charge in [-0.1, -0.05) is 30.4 Å². The number of hydrogen-bond donors (Lipinski definition) is 0. The molecule has 0 unspecified atom stereocenters. The summed E-state index contributed by atoms with van der Waals surface area (Å²) in [5, 5.41) is 0. The van der Waals surface area contributed by atoms with E-state index in [1.807, 2.05) is 44.5 Å². The summed E-state index contributed by atoms with van der Waals surface area (Å²) in [4.78, 5) is 16.8. The van der Waals surface area contributed by atoms with Gasteiger partial charge in [-0.3, -0.25) is 4.79 Å². The van der Waals surface area contributed by atoms with Gasteiger partial charge < -0.3 is 9.80 Å². The van der Waals surface area contributed by atoms with Gasteiger partial charge in [0, 0.05) is 19.7 Å². The minimum atomic E-state index is 0.0823. The Labute approximate surface area is 125 Å². The van der Waals surface area contributed by atoms with Crippen LogP contribution in [0.1, 0.15) is 6.42 Å². The predicted octanol–water partition coefficient (Wildman–Crippen LogP) is 3.43. The second-order valence-electron chi connectivity index (χ2n) is 5.22. The van der Waals surface area contributed by atoms with E-state index in [1.165, 1.54) is 0 Å². The first-order chi connectivity index (χ1) is 10.1. The van der Waals surface area contributed by atoms with Gasteiger partial charge in [-0.25, -0.2) is 0 Å². The average Bonchev–Trinajstić information content (AvgIpc) is 2.75. The lowest BCUT2D eigenvalue weighted by Crippen LogP contribution is -2.27. The molecule has 0 aromatic heterocycles. The van der Waals surface area contributed by atoms with Gasteiger partial charge in [0.2, 0.25) is 0 Å². The molecule has 1 aliphatic heterocycles. The number of anilines is 2. The highest BCUT2D eigenvalue weighted by Gasteiger charge is 2.31. The molecule has 3 rings (SSSR count). The van der Waals surface area contributed by atoms with Crippen molar-refractivity contribution < 1.29 is 4.79 Å². The van der Waals surface area contributed by atoms with Gasteiger partial charge in [-0.2, -0.15) is 0 Å². The van der Waals surface area contributed by atoms with Crippen molar-refractivity contribution in [3.63, 3.8) is 0 Å². The quantitative estimate of drug-likeness (QED) is 0.611. The lowest BCUT2D eigenvalue weighted by atomic mass is 9.95. The van der Waals surface area contributed by atoms with E-state index in [4.69, 9.17) is 0 Å². The number of nitrogens with zero attached hydrogens (tertiary/aromatic N) is 2. The zero-order chi connectivity index (χ0) is 15.0. The first-order valence-corrected chi connectivity index (χ1v) is 6.98. The Bertz CT molecular complexity index is 679. The fraction of sp³-hybridized carbons (Fsp3) is 0.167. The van der Waals surface area contributed by atoms with Crippen LogP contribution in [-0.4, -0.2) is 19.9 Å². The van der Waals surface area contributed by atoms with Crippen molar-refractivity contribution in [2.45, 2.75) is 6.42 Å². The fourth-order valence-corrected chi connectivity index (χ4v) is 2.92. The van der Waals surface area contributed by atoms with Crippen LogP contribution in [0.15, 0.2) is 72.1 Å². The van der Waals surface area contributed by atoms with E-state index in [-0.39, 0.29) is 5.78 Å². The fourth-order valence-electron chi connectivity index (χ4n) is 2.92. The lowest BCUT2D eigenvalue weighted by molar-refractivity contribution is -0.112. The van der Waals surface area contributed by atoms with Gasteiger partial charge in [-0.05, 0) is 24.6 Å². The van der Waals surface area contributed by atoms with Crippen molar-refractivity contribution in [3.05, 3.63) is 72.1 Å². The van der Waals surface area contributed by atoms with E-state index in [0.29, 0.717) is 6.42 Å². The smallest absolute Gasteiger partial charge is 0.192 e. The maximum absolute atomic E-state index is 12.7. The van der Waals surface area contributed by atoms with E-state index < -0.39 is 0 Å². The molecule has 0 amide bonds. The highest BCUT2D eigenvalue weighted by Crippen LogP contribution is 2.41. The molecule has 3 nitrogen and oxygen atoms in total. The average molecular weight is 278 g/mol. The third kappa shape index (κ3) is 2.02. The highest BCUT2D eigenvalue weighted by atomic mass is 16.1. The van der Waals surface area contributed by atoms with Crippen LogP contribution < -0.4 is 9.80 Å². The Morgan fingerprint density at radius 1 is 1.14 bits per heavy atom. The van der Waals surface area contributed by atoms with Crippen LogP contribution in [0.4, 0.5) is 11.4 Å². The van der Waals surface area contributed by atoms with E-state index in [1.54, 1.807) is 6.08 Å². The molecule has 0 radical (unpaired) electrons. The number of hydrogen-bond acceptors (Lipinski definition) is 3. The summed E-state index contributed by atoms with van der Waals surface area (Å²) in [5.41, 5.74) is 3.75. The largest absolute Gasteiger partial charge is 0.328 e. The van der Waals surface area contributed by atoms with Crippen LogP contribution in [0.3, 0.4) is 0 Å². The summed E-state index contributed by atoms with van der Waals surface area (Å²) in [5.74, 6) is 1.01. The normalized spacial score (nSPS) is 17.2. The molecule has 2 aliphatic rings. The second-order valence-corrected chi connectivity index (χ2v) is 5.22. The molecule has 0 atom stereocenters. The van der Waals surface area contributed by atoms with Crippen LogP contribution in [0.2, 0.25) is 0 Å². The molecule has 0 saturated carbocycles. The second kappa shape index (κ2) is 5.09. The first kappa shape index (κ1) is 13.4. The van der Waals surface area contributed by atoms with E-state index in [0.717, 1.165) is 28.3 Å². The molecular weight excluding hydrogens is 260 g/mol. The molecule has 0 N–H and O–H groups in total. The molecule has 1 aliphatic carbocycles. The Kier molecular flexibility index (Phi) is 3.26. The van der Waals surface area contributed by atoms with E-state index >= 15 is 0 Å². The Morgan fingerprint density at radius 3 is 2.33 bits per heavy atom. The number of carbonyl (C=O) groups excluding carboxylic acids is 1. The molecule has 0 fully saturated rings. The van der Waals surface area contributed by atoms with Gasteiger partial charge in [0.15, 0.2) is 5.78 Å². The number of fused-ring (bicyclic) bond motifs is 1. The molecule has 3 heteroatoms. The van der Waals surface area contributed by atoms with Gasteiger partial charge >= 0.3 is 0 Å². The van der Waals surface area contributed by atoms with Crippen molar-refractivity contribution in [2.75, 3.05) is 23.9 Å². The predicted molar refractivity (Wildman–Crippen MR) is 87.3 cm³/mol. The lowest BCUT2D eigenvalue weighted by Gasteiger charge is -2.22. The van der Waals surface area contributed by atoms with Crippen molar-refractivity contribution in [2.24, 2.45) is 0 Å². The number of benzene rings is 1. The SMILES string of the molecule is C=CCC1=CC=CC(=C2N(C)c3ccccc3N2C)C1=O. The minimum Gasteiger partial charge on any atom is -0.328 e. The molecule has 0 saturated heterocycles. The number of allylic oxidation sites excluding steroid dienone is 6. The van der Waals surface area contributed by atoms with Crippen LogP contribution >= 0.6 is 0 Å². The number of carbonyl (C=O) groups is 1. The van der Waals surface area contributed by atoms with Gasteiger partial charge in [0.25, 0.3) is 0 Å². The molecule has 1 aromatic rings. The summed E-state index contributed by atoms with van der Waals surface area (Å²) in [7, 11) is 3.99. The van der Waals surface area contributed by atoms with E-state index in [9.17, 15) is 4.79 Å². The van der Waals surface area contributed by atoms with Gasteiger partial charge in [0.1, 0.15) is 5.82 Å². The molecule has 0 spiro atoms. The minimum absolute atomic E-state index is 0.0823. The molecule has 106 valence electrons.